The van der Waals surface area contributed by atoms with E-state index in [4.69, 9.17) is 9.47 Å². The van der Waals surface area contributed by atoms with Crippen LogP contribution in [0.15, 0.2) is 48.5 Å². The van der Waals surface area contributed by atoms with Crippen molar-refractivity contribution in [3.8, 4) is 11.5 Å². The zero-order valence-electron chi connectivity index (χ0n) is 12.1. The molecule has 1 amide bonds. The molecule has 0 spiro atoms. The molecule has 0 bridgehead atoms. The van der Waals surface area contributed by atoms with Gasteiger partial charge in [-0.2, -0.15) is 0 Å². The summed E-state index contributed by atoms with van der Waals surface area (Å²) in [6, 6.07) is 13.2. The molecule has 5 heteroatoms. The molecule has 2 atom stereocenters. The van der Waals surface area contributed by atoms with Gasteiger partial charge < -0.3 is 14.8 Å². The predicted octanol–water partition coefficient (Wildman–Crippen LogP) is 2.67. The fraction of sp³-hybridized carbons (Fsp3) is 0.235. The molecule has 22 heavy (non-hydrogen) atoms. The summed E-state index contributed by atoms with van der Waals surface area (Å²) >= 11 is 0. The Hall–Kier alpha value is -2.56. The Morgan fingerprint density at radius 1 is 1.09 bits per heavy atom. The van der Waals surface area contributed by atoms with Crippen molar-refractivity contribution in [1.82, 2.24) is 5.32 Å². The van der Waals surface area contributed by atoms with Gasteiger partial charge in [-0.1, -0.05) is 24.3 Å². The van der Waals surface area contributed by atoms with E-state index in [2.05, 4.69) is 5.32 Å². The van der Waals surface area contributed by atoms with Gasteiger partial charge >= 0.3 is 0 Å². The minimum Gasteiger partial charge on any atom is -0.482 e. The molecule has 4 nitrogen and oxygen atoms in total. The second kappa shape index (κ2) is 6.05. The van der Waals surface area contributed by atoms with Gasteiger partial charge in [-0.3, -0.25) is 4.79 Å². The smallest absolute Gasteiger partial charge is 0.265 e. The van der Waals surface area contributed by atoms with Crippen molar-refractivity contribution < 1.29 is 18.7 Å². The highest BCUT2D eigenvalue weighted by molar-refractivity contribution is 5.82. The Bertz CT molecular complexity index is 672. The molecule has 1 N–H and O–H groups in total. The maximum Gasteiger partial charge on any atom is 0.265 e. The van der Waals surface area contributed by atoms with Crippen LogP contribution in [0.4, 0.5) is 4.39 Å². The molecule has 1 aliphatic rings. The Balaban J connectivity index is 1.64. The van der Waals surface area contributed by atoms with Crippen LogP contribution in [0.25, 0.3) is 0 Å². The molecule has 0 saturated heterocycles. The SMILES string of the molecule is C[C@@H]1Oc2ccccc2O[C@H]1C(=O)NCc1ccc(F)cc1. The summed E-state index contributed by atoms with van der Waals surface area (Å²) in [5.41, 5.74) is 0.819. The lowest BCUT2D eigenvalue weighted by atomic mass is 10.1. The Labute approximate surface area is 127 Å². The lowest BCUT2D eigenvalue weighted by Gasteiger charge is -2.31. The number of carbonyl (C=O) groups is 1. The zero-order chi connectivity index (χ0) is 15.5. The van der Waals surface area contributed by atoms with E-state index in [-0.39, 0.29) is 17.8 Å². The average Bonchev–Trinajstić information content (AvgIpc) is 2.53. The number of halogens is 1. The summed E-state index contributed by atoms with van der Waals surface area (Å²) in [7, 11) is 0. The van der Waals surface area contributed by atoms with Crippen LogP contribution in [0.3, 0.4) is 0 Å². The van der Waals surface area contributed by atoms with Crippen molar-refractivity contribution in [3.63, 3.8) is 0 Å². The number of ether oxygens (including phenoxy) is 2. The zero-order valence-corrected chi connectivity index (χ0v) is 12.1. The molecule has 114 valence electrons. The van der Waals surface area contributed by atoms with Gasteiger partial charge in [0.15, 0.2) is 11.5 Å². The molecular weight excluding hydrogens is 285 g/mol. The van der Waals surface area contributed by atoms with E-state index in [0.717, 1.165) is 5.56 Å². The van der Waals surface area contributed by atoms with Gasteiger partial charge in [-0.25, -0.2) is 4.39 Å². The topological polar surface area (TPSA) is 47.6 Å². The summed E-state index contributed by atoms with van der Waals surface area (Å²) in [6.45, 7) is 2.10. The van der Waals surface area contributed by atoms with Gasteiger partial charge in [0.2, 0.25) is 6.10 Å². The van der Waals surface area contributed by atoms with E-state index in [1.54, 1.807) is 31.2 Å². The summed E-state index contributed by atoms with van der Waals surface area (Å²) in [4.78, 5) is 12.3. The van der Waals surface area contributed by atoms with Crippen LogP contribution >= 0.6 is 0 Å². The number of para-hydroxylation sites is 2. The quantitative estimate of drug-likeness (QED) is 0.948. The predicted molar refractivity (Wildman–Crippen MR) is 79.2 cm³/mol. The normalized spacial score (nSPS) is 19.5. The van der Waals surface area contributed by atoms with Gasteiger partial charge in [0.25, 0.3) is 5.91 Å². The number of hydrogen-bond acceptors (Lipinski definition) is 3. The molecule has 2 aromatic carbocycles. The number of hydrogen-bond donors (Lipinski definition) is 1. The Morgan fingerprint density at radius 3 is 2.41 bits per heavy atom. The fourth-order valence-electron chi connectivity index (χ4n) is 2.30. The van der Waals surface area contributed by atoms with Gasteiger partial charge in [-0.05, 0) is 36.8 Å². The lowest BCUT2D eigenvalue weighted by Crippen LogP contribution is -2.48. The maximum atomic E-state index is 12.8. The number of carbonyl (C=O) groups excluding carboxylic acids is 1. The van der Waals surface area contributed by atoms with E-state index >= 15 is 0 Å². The average molecular weight is 301 g/mol. The number of benzene rings is 2. The third-order valence-corrected chi connectivity index (χ3v) is 3.48. The highest BCUT2D eigenvalue weighted by Gasteiger charge is 2.33. The summed E-state index contributed by atoms with van der Waals surface area (Å²) < 4.78 is 24.3. The molecule has 0 aliphatic carbocycles. The van der Waals surface area contributed by atoms with Gasteiger partial charge in [0.05, 0.1) is 0 Å². The first kappa shape index (κ1) is 14.4. The van der Waals surface area contributed by atoms with E-state index in [0.29, 0.717) is 18.0 Å². The van der Waals surface area contributed by atoms with Crippen molar-refractivity contribution in [1.29, 1.82) is 0 Å². The first-order valence-corrected chi connectivity index (χ1v) is 7.08. The van der Waals surface area contributed by atoms with E-state index in [1.807, 2.05) is 12.1 Å². The third-order valence-electron chi connectivity index (χ3n) is 3.48. The van der Waals surface area contributed by atoms with Crippen molar-refractivity contribution >= 4 is 5.91 Å². The van der Waals surface area contributed by atoms with Gasteiger partial charge in [0.1, 0.15) is 11.9 Å². The highest BCUT2D eigenvalue weighted by atomic mass is 19.1. The first-order chi connectivity index (χ1) is 10.6. The van der Waals surface area contributed by atoms with E-state index in [9.17, 15) is 9.18 Å². The molecule has 0 unspecified atom stereocenters. The Morgan fingerprint density at radius 2 is 1.73 bits per heavy atom. The first-order valence-electron chi connectivity index (χ1n) is 7.08. The van der Waals surface area contributed by atoms with E-state index in [1.165, 1.54) is 12.1 Å². The second-order valence-corrected chi connectivity index (χ2v) is 5.15. The number of amides is 1. The van der Waals surface area contributed by atoms with Crippen molar-refractivity contribution in [3.05, 3.63) is 59.9 Å². The van der Waals surface area contributed by atoms with Crippen LogP contribution in [0.1, 0.15) is 12.5 Å². The Kier molecular flexibility index (Phi) is 3.96. The molecule has 0 fully saturated rings. The van der Waals surface area contributed by atoms with Crippen LogP contribution in [-0.4, -0.2) is 18.1 Å². The monoisotopic (exact) mass is 301 g/mol. The maximum absolute atomic E-state index is 12.8. The standard InChI is InChI=1S/C17H16FNO3/c1-11-16(22-15-5-3-2-4-14(15)21-11)17(20)19-10-12-6-8-13(18)9-7-12/h2-9,11,16H,10H2,1H3,(H,19,20)/t11-,16+/m0/s1. The number of fused-ring (bicyclic) bond motifs is 1. The molecule has 1 aliphatic heterocycles. The molecule has 3 rings (SSSR count). The summed E-state index contributed by atoms with van der Waals surface area (Å²) in [5, 5.41) is 2.78. The van der Waals surface area contributed by atoms with Crippen molar-refractivity contribution in [2.75, 3.05) is 0 Å². The largest absolute Gasteiger partial charge is 0.482 e. The van der Waals surface area contributed by atoms with Gasteiger partial charge in [-0.15, -0.1) is 0 Å². The second-order valence-electron chi connectivity index (χ2n) is 5.15. The molecule has 0 saturated carbocycles. The van der Waals surface area contributed by atoms with Crippen LogP contribution < -0.4 is 14.8 Å². The summed E-state index contributed by atoms with van der Waals surface area (Å²) in [5.74, 6) is 0.635. The number of nitrogens with one attached hydrogen (secondary N) is 1. The van der Waals surface area contributed by atoms with Crippen LogP contribution in [0.2, 0.25) is 0 Å². The molecule has 2 aromatic rings. The van der Waals surface area contributed by atoms with Crippen LogP contribution in [0, 0.1) is 5.82 Å². The highest BCUT2D eigenvalue weighted by Crippen LogP contribution is 2.33. The fourth-order valence-corrected chi connectivity index (χ4v) is 2.30. The molecule has 0 radical (unpaired) electrons. The molecular formula is C17H16FNO3. The van der Waals surface area contributed by atoms with Gasteiger partial charge in [0, 0.05) is 6.54 Å². The minimum absolute atomic E-state index is 0.258. The van der Waals surface area contributed by atoms with Crippen LogP contribution in [0.5, 0.6) is 11.5 Å². The molecule has 1 heterocycles. The lowest BCUT2D eigenvalue weighted by molar-refractivity contribution is -0.133. The third kappa shape index (κ3) is 3.03. The molecule has 0 aromatic heterocycles. The number of rotatable bonds is 3. The minimum atomic E-state index is -0.713. The van der Waals surface area contributed by atoms with Crippen molar-refractivity contribution in [2.24, 2.45) is 0 Å². The summed E-state index contributed by atoms with van der Waals surface area (Å²) in [6.07, 6.45) is -1.10. The van der Waals surface area contributed by atoms with Crippen LogP contribution in [-0.2, 0) is 11.3 Å². The van der Waals surface area contributed by atoms with Crippen molar-refractivity contribution in [2.45, 2.75) is 25.7 Å². The van der Waals surface area contributed by atoms with E-state index < -0.39 is 6.10 Å².